The van der Waals surface area contributed by atoms with E-state index in [1.165, 1.54) is 20.8 Å². The van der Waals surface area contributed by atoms with Gasteiger partial charge in [-0.15, -0.1) is 0 Å². The molecule has 29 heavy (non-hydrogen) atoms. The van der Waals surface area contributed by atoms with Crippen molar-refractivity contribution in [2.24, 2.45) is 0 Å². The van der Waals surface area contributed by atoms with Crippen molar-refractivity contribution in [2.75, 3.05) is 0 Å². The lowest BCUT2D eigenvalue weighted by Gasteiger charge is -2.40. The number of hydrogen-bond donors (Lipinski definition) is 6. The second-order valence-electron chi connectivity index (χ2n) is 6.69. The Bertz CT molecular complexity index is 644. The summed E-state index contributed by atoms with van der Waals surface area (Å²) in [7, 11) is -4.25. The van der Waals surface area contributed by atoms with E-state index < -0.39 is 32.1 Å². The van der Waals surface area contributed by atoms with Crippen LogP contribution in [0.5, 0.6) is 11.5 Å². The molecule has 2 aromatic rings. The SMILES string of the molecule is CC(C)(O)C(C)(O)C(Oc1ccccc1)Oc1ccccc1.OB(O)OB(O)O. The predicted octanol–water partition coefficient (Wildman–Crippen LogP) is -0.0656. The minimum Gasteiger partial charge on any atom is -0.452 e. The molecule has 0 aliphatic carbocycles. The topological polar surface area (TPSA) is 149 Å². The van der Waals surface area contributed by atoms with Gasteiger partial charge in [-0.05, 0) is 45.0 Å². The molecule has 2 rings (SSSR count). The molecule has 158 valence electrons. The van der Waals surface area contributed by atoms with E-state index in [0.717, 1.165) is 0 Å². The quantitative estimate of drug-likeness (QED) is 0.261. The lowest BCUT2D eigenvalue weighted by atomic mass is 9.87. The molecule has 0 radical (unpaired) electrons. The van der Waals surface area contributed by atoms with Gasteiger partial charge in [0, 0.05) is 0 Å². The first-order valence-corrected chi connectivity index (χ1v) is 8.69. The van der Waals surface area contributed by atoms with Crippen LogP contribution in [0.1, 0.15) is 20.8 Å². The average Bonchev–Trinajstić information content (AvgIpc) is 2.61. The van der Waals surface area contributed by atoms with Gasteiger partial charge in [0.05, 0.1) is 5.60 Å². The Kier molecular flexibility index (Phi) is 9.60. The van der Waals surface area contributed by atoms with E-state index in [2.05, 4.69) is 4.57 Å². The predicted molar refractivity (Wildman–Crippen MR) is 106 cm³/mol. The molecule has 0 bridgehead atoms. The molecule has 0 aromatic heterocycles. The summed E-state index contributed by atoms with van der Waals surface area (Å²) in [4.78, 5) is 0. The van der Waals surface area contributed by atoms with Crippen molar-refractivity contribution in [3.8, 4) is 11.5 Å². The maximum Gasteiger partial charge on any atom is 0.621 e. The molecule has 1 unspecified atom stereocenters. The number of hydrogen-bond acceptors (Lipinski definition) is 9. The zero-order valence-electron chi connectivity index (χ0n) is 16.4. The van der Waals surface area contributed by atoms with Crippen LogP contribution in [-0.4, -0.2) is 62.4 Å². The second kappa shape index (κ2) is 11.2. The van der Waals surface area contributed by atoms with E-state index >= 15 is 0 Å². The van der Waals surface area contributed by atoms with Crippen molar-refractivity contribution in [2.45, 2.75) is 38.3 Å². The highest BCUT2D eigenvalue weighted by molar-refractivity contribution is 6.48. The fourth-order valence-electron chi connectivity index (χ4n) is 1.90. The van der Waals surface area contributed by atoms with E-state index in [1.807, 2.05) is 36.4 Å². The normalized spacial score (nSPS) is 13.0. The summed E-state index contributed by atoms with van der Waals surface area (Å²) >= 11 is 0. The third-order valence-corrected chi connectivity index (χ3v) is 3.91. The third-order valence-electron chi connectivity index (χ3n) is 3.91. The van der Waals surface area contributed by atoms with Gasteiger partial charge in [-0.25, -0.2) is 0 Å². The number of aliphatic hydroxyl groups is 2. The largest absolute Gasteiger partial charge is 0.621 e. The van der Waals surface area contributed by atoms with Crippen molar-refractivity contribution in [1.82, 2.24) is 0 Å². The fraction of sp³-hybridized carbons (Fsp3) is 0.333. The van der Waals surface area contributed by atoms with Gasteiger partial charge in [0.25, 0.3) is 6.29 Å². The van der Waals surface area contributed by atoms with Crippen molar-refractivity contribution in [3.05, 3.63) is 60.7 Å². The molecule has 2 aromatic carbocycles. The van der Waals surface area contributed by atoms with Crippen LogP contribution in [0.2, 0.25) is 0 Å². The standard InChI is InChI=1S/C18H22O4.B2H4O5/c1-17(2,19)18(3,20)16(21-14-10-6-4-7-11-14)22-15-12-8-5-9-13-15;3-1(4)7-2(5)6/h4-13,16,19-20H,1-3H3;3-6H. The molecule has 0 fully saturated rings. The lowest BCUT2D eigenvalue weighted by molar-refractivity contribution is -0.222. The number of para-hydroxylation sites is 2. The number of rotatable bonds is 8. The summed E-state index contributed by atoms with van der Waals surface area (Å²) in [6.07, 6.45) is -1.07. The first-order valence-electron chi connectivity index (χ1n) is 8.69. The highest BCUT2D eigenvalue weighted by Crippen LogP contribution is 2.30. The Hall–Kier alpha value is -2.11. The average molecular weight is 408 g/mol. The molecule has 0 saturated carbocycles. The fourth-order valence-corrected chi connectivity index (χ4v) is 1.90. The van der Waals surface area contributed by atoms with Crippen molar-refractivity contribution in [3.63, 3.8) is 0 Å². The smallest absolute Gasteiger partial charge is 0.452 e. The molecule has 0 spiro atoms. The van der Waals surface area contributed by atoms with Crippen molar-refractivity contribution >= 4 is 14.6 Å². The Labute approximate surface area is 170 Å². The second-order valence-corrected chi connectivity index (χ2v) is 6.69. The van der Waals surface area contributed by atoms with Gasteiger partial charge in [0.2, 0.25) is 0 Å². The molecule has 1 atom stereocenters. The first kappa shape index (κ1) is 24.9. The van der Waals surface area contributed by atoms with E-state index in [0.29, 0.717) is 11.5 Å². The molecule has 0 heterocycles. The van der Waals surface area contributed by atoms with Crippen LogP contribution in [0.15, 0.2) is 60.7 Å². The summed E-state index contributed by atoms with van der Waals surface area (Å²) in [6, 6.07) is 18.1. The summed E-state index contributed by atoms with van der Waals surface area (Å²) in [5.74, 6) is 1.10. The van der Waals surface area contributed by atoms with Crippen molar-refractivity contribution in [1.29, 1.82) is 0 Å². The van der Waals surface area contributed by atoms with E-state index in [-0.39, 0.29) is 0 Å². The summed E-state index contributed by atoms with van der Waals surface area (Å²) in [5.41, 5.74) is -3.04. The monoisotopic (exact) mass is 408 g/mol. The lowest BCUT2D eigenvalue weighted by Crippen LogP contribution is -2.60. The minimum atomic E-state index is -2.13. The summed E-state index contributed by atoms with van der Waals surface area (Å²) in [6.45, 7) is 4.52. The van der Waals surface area contributed by atoms with E-state index in [4.69, 9.17) is 29.6 Å². The van der Waals surface area contributed by atoms with Crippen LogP contribution in [0.3, 0.4) is 0 Å². The van der Waals surface area contributed by atoms with E-state index in [1.54, 1.807) is 24.3 Å². The van der Waals surface area contributed by atoms with Gasteiger partial charge in [-0.2, -0.15) is 0 Å². The van der Waals surface area contributed by atoms with Gasteiger partial charge >= 0.3 is 14.6 Å². The van der Waals surface area contributed by atoms with Crippen LogP contribution in [-0.2, 0) is 4.57 Å². The molecular weight excluding hydrogens is 382 g/mol. The van der Waals surface area contributed by atoms with Gasteiger partial charge in [0.1, 0.15) is 11.5 Å². The van der Waals surface area contributed by atoms with E-state index in [9.17, 15) is 10.2 Å². The summed E-state index contributed by atoms with van der Waals surface area (Å²) < 4.78 is 15.0. The zero-order chi connectivity index (χ0) is 22.1. The maximum atomic E-state index is 10.7. The third kappa shape index (κ3) is 8.84. The maximum absolute atomic E-state index is 10.7. The Morgan fingerprint density at radius 1 is 0.690 bits per heavy atom. The minimum absolute atomic E-state index is 0.549. The van der Waals surface area contributed by atoms with Crippen LogP contribution < -0.4 is 9.47 Å². The Morgan fingerprint density at radius 3 is 1.28 bits per heavy atom. The van der Waals surface area contributed by atoms with Crippen LogP contribution in [0.25, 0.3) is 0 Å². The van der Waals surface area contributed by atoms with Gasteiger partial charge < -0.3 is 44.4 Å². The first-order chi connectivity index (χ1) is 13.4. The van der Waals surface area contributed by atoms with Crippen LogP contribution >= 0.6 is 0 Å². The molecule has 0 aliphatic rings. The van der Waals surface area contributed by atoms with Gasteiger partial charge in [-0.3, -0.25) is 0 Å². The molecule has 0 aliphatic heterocycles. The number of benzene rings is 2. The zero-order valence-corrected chi connectivity index (χ0v) is 16.4. The summed E-state index contributed by atoms with van der Waals surface area (Å²) in [5, 5.41) is 51.9. The van der Waals surface area contributed by atoms with Gasteiger partial charge in [-0.1, -0.05) is 36.4 Å². The highest BCUT2D eigenvalue weighted by Gasteiger charge is 2.48. The molecule has 0 saturated heterocycles. The molecule has 11 heteroatoms. The Balaban J connectivity index is 0.000000516. The molecular formula is C18H26B2O9. The van der Waals surface area contributed by atoms with Crippen LogP contribution in [0, 0.1) is 0 Å². The molecule has 9 nitrogen and oxygen atoms in total. The van der Waals surface area contributed by atoms with Crippen LogP contribution in [0.4, 0.5) is 0 Å². The highest BCUT2D eigenvalue weighted by atomic mass is 16.7. The van der Waals surface area contributed by atoms with Crippen molar-refractivity contribution < 1.29 is 44.4 Å². The molecule has 0 amide bonds. The van der Waals surface area contributed by atoms with Gasteiger partial charge in [0.15, 0.2) is 5.60 Å². The molecule has 6 N–H and O–H groups in total. The Morgan fingerprint density at radius 2 is 1.03 bits per heavy atom. The number of ether oxygens (including phenoxy) is 2.